The van der Waals surface area contributed by atoms with Crippen molar-refractivity contribution in [3.05, 3.63) is 0 Å². The fraction of sp³-hybridized carbons (Fsp3) is 0.900. The Kier molecular flexibility index (Phi) is 5.61. The molecule has 0 radical (unpaired) electrons. The molecule has 0 aliphatic heterocycles. The Hall–Kier alpha value is -0.0500. The fourth-order valence-corrected chi connectivity index (χ4v) is 1.10. The standard InChI is InChI=1S/C10H20BrNO/c1-5-8(11)9(13)12-10(4,6-2)7-3/h8H,5-7H2,1-4H3,(H,12,13). The molecule has 1 unspecified atom stereocenters. The summed E-state index contributed by atoms with van der Waals surface area (Å²) in [7, 11) is 0. The Morgan fingerprint density at radius 3 is 2.15 bits per heavy atom. The van der Waals surface area contributed by atoms with Crippen molar-refractivity contribution in [2.45, 2.75) is 57.3 Å². The van der Waals surface area contributed by atoms with Crippen molar-refractivity contribution in [3.63, 3.8) is 0 Å². The van der Waals surface area contributed by atoms with E-state index in [-0.39, 0.29) is 16.3 Å². The largest absolute Gasteiger partial charge is 0.350 e. The Bertz CT molecular complexity index is 166. The van der Waals surface area contributed by atoms with Gasteiger partial charge in [0, 0.05) is 5.54 Å². The number of hydrogen-bond donors (Lipinski definition) is 1. The zero-order valence-electron chi connectivity index (χ0n) is 8.98. The van der Waals surface area contributed by atoms with Gasteiger partial charge in [-0.1, -0.05) is 36.7 Å². The van der Waals surface area contributed by atoms with Gasteiger partial charge in [0.2, 0.25) is 5.91 Å². The van der Waals surface area contributed by atoms with Crippen LogP contribution in [0.2, 0.25) is 0 Å². The Morgan fingerprint density at radius 2 is 1.85 bits per heavy atom. The first-order chi connectivity index (χ1) is 5.99. The summed E-state index contributed by atoms with van der Waals surface area (Å²) in [6, 6.07) is 0. The van der Waals surface area contributed by atoms with E-state index in [1.807, 2.05) is 6.92 Å². The summed E-state index contributed by atoms with van der Waals surface area (Å²) >= 11 is 3.34. The molecule has 1 N–H and O–H groups in total. The minimum atomic E-state index is -0.0510. The normalized spacial score (nSPS) is 13.9. The number of carbonyl (C=O) groups excluding carboxylic acids is 1. The molecular formula is C10H20BrNO. The van der Waals surface area contributed by atoms with Crippen LogP contribution in [0.4, 0.5) is 0 Å². The molecule has 0 fully saturated rings. The molecule has 0 aromatic rings. The lowest BCUT2D eigenvalue weighted by molar-refractivity contribution is -0.122. The highest BCUT2D eigenvalue weighted by molar-refractivity contribution is 9.10. The van der Waals surface area contributed by atoms with Gasteiger partial charge in [0.05, 0.1) is 4.83 Å². The van der Waals surface area contributed by atoms with Crippen molar-refractivity contribution in [1.29, 1.82) is 0 Å². The van der Waals surface area contributed by atoms with E-state index in [0.29, 0.717) is 0 Å². The van der Waals surface area contributed by atoms with Crippen LogP contribution >= 0.6 is 15.9 Å². The van der Waals surface area contributed by atoms with Crippen molar-refractivity contribution in [3.8, 4) is 0 Å². The quantitative estimate of drug-likeness (QED) is 0.747. The van der Waals surface area contributed by atoms with Gasteiger partial charge in [0.15, 0.2) is 0 Å². The summed E-state index contributed by atoms with van der Waals surface area (Å²) in [6.07, 6.45) is 2.77. The van der Waals surface area contributed by atoms with E-state index in [1.54, 1.807) is 0 Å². The molecule has 1 atom stereocenters. The molecule has 0 aromatic carbocycles. The lowest BCUT2D eigenvalue weighted by Crippen LogP contribution is -2.47. The second-order valence-electron chi connectivity index (χ2n) is 3.63. The topological polar surface area (TPSA) is 29.1 Å². The Labute approximate surface area is 89.6 Å². The predicted molar refractivity (Wildman–Crippen MR) is 60.1 cm³/mol. The molecule has 3 heteroatoms. The number of nitrogens with one attached hydrogen (secondary N) is 1. The van der Waals surface area contributed by atoms with E-state index in [9.17, 15) is 4.79 Å². The highest BCUT2D eigenvalue weighted by Gasteiger charge is 2.24. The SMILES string of the molecule is CCC(Br)C(=O)NC(C)(CC)CC. The van der Waals surface area contributed by atoms with Gasteiger partial charge in [-0.05, 0) is 26.2 Å². The molecule has 0 bridgehead atoms. The molecule has 0 aromatic heterocycles. The van der Waals surface area contributed by atoms with Crippen molar-refractivity contribution < 1.29 is 4.79 Å². The summed E-state index contributed by atoms with van der Waals surface area (Å²) in [5.74, 6) is 0.105. The first-order valence-electron chi connectivity index (χ1n) is 4.95. The highest BCUT2D eigenvalue weighted by Crippen LogP contribution is 2.15. The second kappa shape index (κ2) is 5.63. The van der Waals surface area contributed by atoms with Gasteiger partial charge in [0.25, 0.3) is 0 Å². The van der Waals surface area contributed by atoms with Gasteiger partial charge in [0.1, 0.15) is 0 Å². The fourth-order valence-electron chi connectivity index (χ4n) is 0.988. The third kappa shape index (κ3) is 4.12. The van der Waals surface area contributed by atoms with Crippen LogP contribution in [-0.4, -0.2) is 16.3 Å². The first-order valence-corrected chi connectivity index (χ1v) is 5.86. The number of hydrogen-bond acceptors (Lipinski definition) is 1. The van der Waals surface area contributed by atoms with Crippen molar-refractivity contribution in [2.24, 2.45) is 0 Å². The lowest BCUT2D eigenvalue weighted by atomic mass is 9.95. The van der Waals surface area contributed by atoms with Gasteiger partial charge in [-0.3, -0.25) is 4.79 Å². The van der Waals surface area contributed by atoms with Gasteiger partial charge in [-0.2, -0.15) is 0 Å². The van der Waals surface area contributed by atoms with E-state index in [2.05, 4.69) is 42.0 Å². The van der Waals surface area contributed by atoms with Crippen LogP contribution < -0.4 is 5.32 Å². The van der Waals surface area contributed by atoms with Crippen LogP contribution in [0.3, 0.4) is 0 Å². The number of carbonyl (C=O) groups is 1. The maximum Gasteiger partial charge on any atom is 0.234 e. The third-order valence-electron chi connectivity index (χ3n) is 2.63. The second-order valence-corrected chi connectivity index (χ2v) is 4.74. The third-order valence-corrected chi connectivity index (χ3v) is 3.69. The molecule has 2 nitrogen and oxygen atoms in total. The highest BCUT2D eigenvalue weighted by atomic mass is 79.9. The molecular weight excluding hydrogens is 230 g/mol. The Balaban J connectivity index is 4.17. The summed E-state index contributed by atoms with van der Waals surface area (Å²) in [5, 5.41) is 3.06. The summed E-state index contributed by atoms with van der Waals surface area (Å²) in [5.41, 5.74) is -0.0434. The molecule has 0 saturated heterocycles. The average Bonchev–Trinajstić information content (AvgIpc) is 2.16. The van der Waals surface area contributed by atoms with Crippen LogP contribution in [0.1, 0.15) is 47.0 Å². The minimum absolute atomic E-state index is 0.0434. The monoisotopic (exact) mass is 249 g/mol. The van der Waals surface area contributed by atoms with E-state index < -0.39 is 0 Å². The summed E-state index contributed by atoms with van der Waals surface area (Å²) in [4.78, 5) is 11.5. The number of amides is 1. The van der Waals surface area contributed by atoms with Gasteiger partial charge < -0.3 is 5.32 Å². The number of alkyl halides is 1. The smallest absolute Gasteiger partial charge is 0.234 e. The van der Waals surface area contributed by atoms with Crippen molar-refractivity contribution in [1.82, 2.24) is 5.32 Å². The molecule has 0 aliphatic carbocycles. The number of halogens is 1. The van der Waals surface area contributed by atoms with E-state index >= 15 is 0 Å². The van der Waals surface area contributed by atoms with Gasteiger partial charge >= 0.3 is 0 Å². The van der Waals surface area contributed by atoms with Gasteiger partial charge in [-0.15, -0.1) is 0 Å². The molecule has 78 valence electrons. The summed E-state index contributed by atoms with van der Waals surface area (Å²) in [6.45, 7) is 8.27. The maximum absolute atomic E-state index is 11.5. The Morgan fingerprint density at radius 1 is 1.38 bits per heavy atom. The van der Waals surface area contributed by atoms with Crippen molar-refractivity contribution >= 4 is 21.8 Å². The molecule has 1 amide bonds. The predicted octanol–water partition coefficient (Wildman–Crippen LogP) is 2.85. The molecule has 13 heavy (non-hydrogen) atoms. The molecule has 0 rings (SSSR count). The van der Waals surface area contributed by atoms with Gasteiger partial charge in [-0.25, -0.2) is 0 Å². The van der Waals surface area contributed by atoms with Crippen LogP contribution in [0.15, 0.2) is 0 Å². The van der Waals surface area contributed by atoms with E-state index in [4.69, 9.17) is 0 Å². The molecule has 0 aliphatic rings. The molecule has 0 heterocycles. The first kappa shape index (κ1) is 12.9. The van der Waals surface area contributed by atoms with Crippen molar-refractivity contribution in [2.75, 3.05) is 0 Å². The van der Waals surface area contributed by atoms with Crippen LogP contribution in [-0.2, 0) is 4.79 Å². The zero-order valence-corrected chi connectivity index (χ0v) is 10.6. The van der Waals surface area contributed by atoms with Crippen LogP contribution in [0.25, 0.3) is 0 Å². The zero-order chi connectivity index (χ0) is 10.5. The van der Waals surface area contributed by atoms with E-state index in [0.717, 1.165) is 19.3 Å². The maximum atomic E-state index is 11.5. The number of rotatable bonds is 5. The summed E-state index contributed by atoms with van der Waals surface area (Å²) < 4.78 is 0. The lowest BCUT2D eigenvalue weighted by Gasteiger charge is -2.29. The van der Waals surface area contributed by atoms with E-state index in [1.165, 1.54) is 0 Å². The van der Waals surface area contributed by atoms with Crippen LogP contribution in [0, 0.1) is 0 Å². The molecule has 0 saturated carbocycles. The average molecular weight is 250 g/mol. The minimum Gasteiger partial charge on any atom is -0.350 e. The van der Waals surface area contributed by atoms with Crippen LogP contribution in [0.5, 0.6) is 0 Å². The molecule has 0 spiro atoms.